The number of esters is 1. The van der Waals surface area contributed by atoms with Gasteiger partial charge in [0.15, 0.2) is 0 Å². The highest BCUT2D eigenvalue weighted by Crippen LogP contribution is 2.16. The van der Waals surface area contributed by atoms with Crippen LogP contribution in [0.2, 0.25) is 0 Å². The van der Waals surface area contributed by atoms with Gasteiger partial charge in [0, 0.05) is 0 Å². The molecule has 140 valence electrons. The van der Waals surface area contributed by atoms with Crippen LogP contribution in [0.1, 0.15) is 37.6 Å². The number of hydrogen-bond donors (Lipinski definition) is 1. The van der Waals surface area contributed by atoms with Gasteiger partial charge in [-0.15, -0.1) is 0 Å². The van der Waals surface area contributed by atoms with Gasteiger partial charge in [0.05, 0.1) is 38.4 Å². The summed E-state index contributed by atoms with van der Waals surface area (Å²) in [5, 5.41) is 8.44. The molecule has 7 nitrogen and oxygen atoms in total. The molecule has 0 bridgehead atoms. The molecule has 1 aromatic rings. The average molecular weight is 354 g/mol. The first-order valence-corrected chi connectivity index (χ1v) is 8.11. The maximum absolute atomic E-state index is 11.9. The lowest BCUT2D eigenvalue weighted by Crippen LogP contribution is -2.23. The van der Waals surface area contributed by atoms with Crippen LogP contribution in [0.4, 0.5) is 0 Å². The van der Waals surface area contributed by atoms with Crippen molar-refractivity contribution < 1.29 is 33.6 Å². The van der Waals surface area contributed by atoms with Crippen LogP contribution < -0.4 is 4.74 Å². The lowest BCUT2D eigenvalue weighted by atomic mass is 10.1. The van der Waals surface area contributed by atoms with E-state index >= 15 is 0 Å². The van der Waals surface area contributed by atoms with E-state index in [1.54, 1.807) is 24.3 Å². The predicted octanol–water partition coefficient (Wildman–Crippen LogP) is 2.53. The minimum atomic E-state index is -0.882. The molecular formula is C18H26O7. The number of rotatable bonds is 11. The fourth-order valence-corrected chi connectivity index (χ4v) is 1.72. The minimum absolute atomic E-state index is 0.0115. The summed E-state index contributed by atoms with van der Waals surface area (Å²) in [6.45, 7) is 7.10. The zero-order valence-electron chi connectivity index (χ0n) is 14.9. The summed E-state index contributed by atoms with van der Waals surface area (Å²) in [7, 11) is 0. The lowest BCUT2D eigenvalue weighted by Gasteiger charge is -2.19. The highest BCUT2D eigenvalue weighted by Gasteiger charge is 2.17. The van der Waals surface area contributed by atoms with Crippen molar-refractivity contribution in [2.75, 3.05) is 33.0 Å². The van der Waals surface area contributed by atoms with Gasteiger partial charge >= 0.3 is 11.9 Å². The zero-order valence-corrected chi connectivity index (χ0v) is 14.9. The summed E-state index contributed by atoms with van der Waals surface area (Å²) in [6, 6.07) is 6.71. The summed E-state index contributed by atoms with van der Waals surface area (Å²) in [5.74, 6) is -0.620. The Morgan fingerprint density at radius 2 is 1.48 bits per heavy atom. The van der Waals surface area contributed by atoms with Crippen molar-refractivity contribution in [1.29, 1.82) is 0 Å². The van der Waals surface area contributed by atoms with Crippen molar-refractivity contribution in [2.45, 2.75) is 32.8 Å². The molecule has 1 N–H and O–H groups in total. The molecule has 1 rings (SSSR count). The smallest absolute Gasteiger partial charge is 0.338 e. The van der Waals surface area contributed by atoms with Crippen molar-refractivity contribution in [3.63, 3.8) is 0 Å². The van der Waals surface area contributed by atoms with Crippen LogP contribution in [-0.4, -0.2) is 55.7 Å². The molecule has 0 heterocycles. The summed E-state index contributed by atoms with van der Waals surface area (Å²) in [4.78, 5) is 22.2. The summed E-state index contributed by atoms with van der Waals surface area (Å²) in [5.41, 5.74) is -0.0574. The van der Waals surface area contributed by atoms with Crippen LogP contribution in [0.25, 0.3) is 0 Å². The molecule has 0 unspecified atom stereocenters. The van der Waals surface area contributed by atoms with Gasteiger partial charge in [0.25, 0.3) is 0 Å². The fourth-order valence-electron chi connectivity index (χ4n) is 1.72. The third-order valence-corrected chi connectivity index (χ3v) is 2.82. The Balaban J connectivity index is 2.15. The maximum Gasteiger partial charge on any atom is 0.338 e. The maximum atomic E-state index is 11.9. The van der Waals surface area contributed by atoms with Crippen LogP contribution in [0, 0.1) is 0 Å². The molecule has 0 atom stereocenters. The summed E-state index contributed by atoms with van der Waals surface area (Å²) < 4.78 is 21.2. The van der Waals surface area contributed by atoms with Gasteiger partial charge in [-0.2, -0.15) is 0 Å². The van der Waals surface area contributed by atoms with Gasteiger partial charge in [-0.1, -0.05) is 0 Å². The molecule has 25 heavy (non-hydrogen) atoms. The molecule has 0 radical (unpaired) electrons. The minimum Gasteiger partial charge on any atom is -0.491 e. The molecule has 0 spiro atoms. The van der Waals surface area contributed by atoms with Crippen molar-refractivity contribution in [1.82, 2.24) is 0 Å². The molecule has 0 fully saturated rings. The van der Waals surface area contributed by atoms with Crippen molar-refractivity contribution >= 4 is 11.9 Å². The van der Waals surface area contributed by atoms with E-state index in [4.69, 9.17) is 24.1 Å². The third kappa shape index (κ3) is 10.4. The molecular weight excluding hydrogens is 328 g/mol. The van der Waals surface area contributed by atoms with Gasteiger partial charge in [-0.05, 0) is 45.0 Å². The molecule has 0 aromatic heterocycles. The Kier molecular flexibility index (Phi) is 8.94. The van der Waals surface area contributed by atoms with Gasteiger partial charge in [-0.3, -0.25) is 4.79 Å². The standard InChI is InChI=1S/C18H26O7/c1-18(2,3)25-17(21)14-4-6-15(7-5-14)24-13-12-23-11-10-22-9-8-16(19)20/h4-7H,8-13H2,1-3H3,(H,19,20). The van der Waals surface area contributed by atoms with Crippen LogP contribution in [0.5, 0.6) is 5.75 Å². The van der Waals surface area contributed by atoms with Crippen molar-refractivity contribution in [3.05, 3.63) is 29.8 Å². The first-order valence-electron chi connectivity index (χ1n) is 8.11. The van der Waals surface area contributed by atoms with E-state index in [-0.39, 0.29) is 19.0 Å². The number of hydrogen-bond acceptors (Lipinski definition) is 6. The summed E-state index contributed by atoms with van der Waals surface area (Å²) >= 11 is 0. The number of ether oxygens (including phenoxy) is 4. The SMILES string of the molecule is CC(C)(C)OC(=O)c1ccc(OCCOCCOCCC(=O)O)cc1. The Hall–Kier alpha value is -2.12. The second-order valence-electron chi connectivity index (χ2n) is 6.24. The van der Waals surface area contributed by atoms with E-state index < -0.39 is 11.6 Å². The van der Waals surface area contributed by atoms with Crippen LogP contribution >= 0.6 is 0 Å². The van der Waals surface area contributed by atoms with Crippen molar-refractivity contribution in [3.8, 4) is 5.75 Å². The van der Waals surface area contributed by atoms with E-state index in [1.807, 2.05) is 20.8 Å². The van der Waals surface area contributed by atoms with E-state index in [1.165, 1.54) is 0 Å². The number of carboxylic acid groups (broad SMARTS) is 1. The predicted molar refractivity (Wildman–Crippen MR) is 91.0 cm³/mol. The molecule has 0 amide bonds. The van der Waals surface area contributed by atoms with Crippen LogP contribution in [0.15, 0.2) is 24.3 Å². The fraction of sp³-hybridized carbons (Fsp3) is 0.556. The van der Waals surface area contributed by atoms with E-state index in [2.05, 4.69) is 0 Å². The first-order chi connectivity index (χ1) is 11.8. The van der Waals surface area contributed by atoms with E-state index in [9.17, 15) is 9.59 Å². The normalized spacial score (nSPS) is 11.2. The van der Waals surface area contributed by atoms with Gasteiger partial charge < -0.3 is 24.1 Å². The number of carbonyl (C=O) groups is 2. The Labute approximate surface area is 147 Å². The molecule has 0 aliphatic carbocycles. The lowest BCUT2D eigenvalue weighted by molar-refractivity contribution is -0.138. The molecule has 1 aromatic carbocycles. The third-order valence-electron chi connectivity index (χ3n) is 2.82. The van der Waals surface area contributed by atoms with Crippen LogP contribution in [0.3, 0.4) is 0 Å². The second kappa shape index (κ2) is 10.7. The molecule has 0 aliphatic heterocycles. The number of aliphatic carboxylic acids is 1. The zero-order chi connectivity index (χ0) is 18.7. The number of benzene rings is 1. The van der Waals surface area contributed by atoms with E-state index in [0.29, 0.717) is 37.7 Å². The van der Waals surface area contributed by atoms with Gasteiger partial charge in [0.2, 0.25) is 0 Å². The monoisotopic (exact) mass is 354 g/mol. The van der Waals surface area contributed by atoms with Gasteiger partial charge in [0.1, 0.15) is 18.0 Å². The molecule has 0 saturated carbocycles. The second-order valence-corrected chi connectivity index (χ2v) is 6.24. The molecule has 0 saturated heterocycles. The van der Waals surface area contributed by atoms with Crippen LogP contribution in [-0.2, 0) is 19.0 Å². The van der Waals surface area contributed by atoms with E-state index in [0.717, 1.165) is 0 Å². The highest BCUT2D eigenvalue weighted by atomic mass is 16.6. The number of carbonyl (C=O) groups excluding carboxylic acids is 1. The largest absolute Gasteiger partial charge is 0.491 e. The average Bonchev–Trinajstić information content (AvgIpc) is 2.52. The Morgan fingerprint density at radius 3 is 2.04 bits per heavy atom. The van der Waals surface area contributed by atoms with Gasteiger partial charge in [-0.25, -0.2) is 4.79 Å². The quantitative estimate of drug-likeness (QED) is 0.482. The highest BCUT2D eigenvalue weighted by molar-refractivity contribution is 5.89. The Morgan fingerprint density at radius 1 is 0.920 bits per heavy atom. The topological polar surface area (TPSA) is 91.3 Å². The number of carboxylic acids is 1. The molecule has 0 aliphatic rings. The summed E-state index contributed by atoms with van der Waals surface area (Å²) in [6.07, 6.45) is -0.0115. The Bertz CT molecular complexity index is 531. The van der Waals surface area contributed by atoms with Crippen molar-refractivity contribution in [2.24, 2.45) is 0 Å². The first kappa shape index (κ1) is 20.9. The molecule has 7 heteroatoms.